The van der Waals surface area contributed by atoms with Crippen LogP contribution in [0, 0.1) is 20.8 Å². The molecule has 0 bridgehead atoms. The van der Waals surface area contributed by atoms with E-state index < -0.39 is 10.0 Å². The molecule has 3 aromatic heterocycles. The topological polar surface area (TPSA) is 135 Å². The third kappa shape index (κ3) is 4.81. The molecule has 0 spiro atoms. The molecule has 3 aromatic rings. The monoisotopic (exact) mass is 403 g/mol. The van der Waals surface area contributed by atoms with Crippen molar-refractivity contribution in [2.24, 2.45) is 0 Å². The highest BCUT2D eigenvalue weighted by Gasteiger charge is 2.23. The Hall–Kier alpha value is -3.05. The van der Waals surface area contributed by atoms with Crippen LogP contribution in [-0.2, 0) is 10.0 Å². The van der Waals surface area contributed by atoms with Crippen molar-refractivity contribution >= 4 is 27.5 Å². The van der Waals surface area contributed by atoms with Crippen LogP contribution in [0.3, 0.4) is 0 Å². The molecule has 0 unspecified atom stereocenters. The Morgan fingerprint density at radius 3 is 2.46 bits per heavy atom. The van der Waals surface area contributed by atoms with Crippen molar-refractivity contribution in [2.75, 3.05) is 23.7 Å². The summed E-state index contributed by atoms with van der Waals surface area (Å²) >= 11 is 0. The van der Waals surface area contributed by atoms with Gasteiger partial charge < -0.3 is 15.2 Å². The standard InChI is InChI=1S/C17H21N7O3S/c1-11-4-5-18-15(8-11)23-16-9-14(20-10-21-16)19-6-7-22-28(25,26)17-12(2)24-27-13(17)3/h4-5,8-10,22H,6-7H2,1-3H3,(H2,18,19,20,21,23). The predicted octanol–water partition coefficient (Wildman–Crippen LogP) is 1.92. The van der Waals surface area contributed by atoms with Crippen LogP contribution >= 0.6 is 0 Å². The summed E-state index contributed by atoms with van der Waals surface area (Å²) in [4.78, 5) is 12.6. The number of aryl methyl sites for hydroxylation is 3. The van der Waals surface area contributed by atoms with Crippen LogP contribution in [0.5, 0.6) is 0 Å². The largest absolute Gasteiger partial charge is 0.369 e. The van der Waals surface area contributed by atoms with E-state index in [2.05, 4.69) is 35.5 Å². The summed E-state index contributed by atoms with van der Waals surface area (Å²) in [7, 11) is -3.69. The zero-order valence-electron chi connectivity index (χ0n) is 15.7. The molecule has 28 heavy (non-hydrogen) atoms. The van der Waals surface area contributed by atoms with Crippen molar-refractivity contribution in [1.82, 2.24) is 24.8 Å². The fraction of sp³-hybridized carbons (Fsp3) is 0.294. The van der Waals surface area contributed by atoms with Crippen molar-refractivity contribution in [2.45, 2.75) is 25.7 Å². The Kier molecular flexibility index (Phi) is 5.85. The maximum atomic E-state index is 12.3. The lowest BCUT2D eigenvalue weighted by atomic mass is 10.3. The number of anilines is 3. The van der Waals surface area contributed by atoms with Gasteiger partial charge in [0.15, 0.2) is 5.76 Å². The molecule has 0 fully saturated rings. The number of rotatable bonds is 8. The Morgan fingerprint density at radius 1 is 1.00 bits per heavy atom. The van der Waals surface area contributed by atoms with Crippen molar-refractivity contribution in [3.05, 3.63) is 47.7 Å². The SMILES string of the molecule is Cc1ccnc(Nc2cc(NCCNS(=O)(=O)c3c(C)noc3C)ncn2)c1. The van der Waals surface area contributed by atoms with Gasteiger partial charge in [-0.15, -0.1) is 0 Å². The van der Waals surface area contributed by atoms with Gasteiger partial charge in [-0.25, -0.2) is 28.1 Å². The molecular formula is C17H21N7O3S. The van der Waals surface area contributed by atoms with E-state index in [9.17, 15) is 8.42 Å². The van der Waals surface area contributed by atoms with E-state index in [0.29, 0.717) is 29.7 Å². The van der Waals surface area contributed by atoms with Gasteiger partial charge in [0.25, 0.3) is 0 Å². The average molecular weight is 403 g/mol. The number of nitrogens with zero attached hydrogens (tertiary/aromatic N) is 4. The highest BCUT2D eigenvalue weighted by atomic mass is 32.2. The van der Waals surface area contributed by atoms with E-state index in [1.807, 2.05) is 19.1 Å². The molecule has 0 radical (unpaired) electrons. The van der Waals surface area contributed by atoms with E-state index in [0.717, 1.165) is 5.56 Å². The summed E-state index contributed by atoms with van der Waals surface area (Å²) in [6.45, 7) is 5.62. The van der Waals surface area contributed by atoms with Crippen molar-refractivity contribution in [3.63, 3.8) is 0 Å². The van der Waals surface area contributed by atoms with Crippen LogP contribution in [0.25, 0.3) is 0 Å². The first kappa shape index (κ1) is 19.7. The molecule has 0 saturated carbocycles. The van der Waals surface area contributed by atoms with Gasteiger partial charge >= 0.3 is 0 Å². The highest BCUT2D eigenvalue weighted by molar-refractivity contribution is 7.89. The quantitative estimate of drug-likeness (QED) is 0.482. The molecule has 0 aliphatic rings. The minimum Gasteiger partial charge on any atom is -0.369 e. The summed E-state index contributed by atoms with van der Waals surface area (Å²) in [5.41, 5.74) is 1.41. The summed E-state index contributed by atoms with van der Waals surface area (Å²) < 4.78 is 32.1. The number of pyridine rings is 1. The molecule has 3 heterocycles. The highest BCUT2D eigenvalue weighted by Crippen LogP contribution is 2.18. The molecule has 0 saturated heterocycles. The second-order valence-corrected chi connectivity index (χ2v) is 7.81. The van der Waals surface area contributed by atoms with Crippen LogP contribution in [0.4, 0.5) is 17.5 Å². The van der Waals surface area contributed by atoms with Crippen LogP contribution in [0.2, 0.25) is 0 Å². The number of sulfonamides is 1. The number of hydrogen-bond donors (Lipinski definition) is 3. The summed E-state index contributed by atoms with van der Waals surface area (Å²) in [6.07, 6.45) is 3.12. The molecule has 11 heteroatoms. The molecule has 10 nitrogen and oxygen atoms in total. The van der Waals surface area contributed by atoms with Crippen LogP contribution in [-0.4, -0.2) is 41.6 Å². The zero-order valence-corrected chi connectivity index (χ0v) is 16.5. The maximum absolute atomic E-state index is 12.3. The zero-order chi connectivity index (χ0) is 20.1. The smallest absolute Gasteiger partial charge is 0.246 e. The van der Waals surface area contributed by atoms with Gasteiger partial charge in [0.05, 0.1) is 0 Å². The van der Waals surface area contributed by atoms with E-state index >= 15 is 0 Å². The lowest BCUT2D eigenvalue weighted by Gasteiger charge is -2.09. The number of aromatic nitrogens is 4. The summed E-state index contributed by atoms with van der Waals surface area (Å²) in [5.74, 6) is 2.07. The minimum absolute atomic E-state index is 0.0756. The molecule has 0 aliphatic heterocycles. The molecule has 148 valence electrons. The molecule has 0 amide bonds. The van der Waals surface area contributed by atoms with Gasteiger partial charge in [-0.2, -0.15) is 0 Å². The second-order valence-electron chi connectivity index (χ2n) is 6.11. The van der Waals surface area contributed by atoms with Gasteiger partial charge in [0, 0.05) is 25.4 Å². The fourth-order valence-corrected chi connectivity index (χ4v) is 3.92. The average Bonchev–Trinajstić information content (AvgIpc) is 2.98. The Morgan fingerprint density at radius 2 is 1.75 bits per heavy atom. The lowest BCUT2D eigenvalue weighted by molar-refractivity contribution is 0.390. The molecule has 0 atom stereocenters. The van der Waals surface area contributed by atoms with Crippen molar-refractivity contribution < 1.29 is 12.9 Å². The van der Waals surface area contributed by atoms with Gasteiger partial charge in [-0.3, -0.25) is 0 Å². The lowest BCUT2D eigenvalue weighted by Crippen LogP contribution is -2.29. The Bertz CT molecular complexity index is 1050. The third-order valence-corrected chi connectivity index (χ3v) is 5.50. The first-order chi connectivity index (χ1) is 13.3. The minimum atomic E-state index is -3.69. The van der Waals surface area contributed by atoms with Gasteiger partial charge in [0.2, 0.25) is 10.0 Å². The summed E-state index contributed by atoms with van der Waals surface area (Å²) in [6, 6.07) is 5.52. The van der Waals surface area contributed by atoms with Crippen LogP contribution in [0.1, 0.15) is 17.0 Å². The molecule has 3 rings (SSSR count). The Balaban J connectivity index is 1.55. The van der Waals surface area contributed by atoms with E-state index in [4.69, 9.17) is 4.52 Å². The van der Waals surface area contributed by atoms with Gasteiger partial charge in [-0.05, 0) is 38.5 Å². The number of hydrogen-bond acceptors (Lipinski definition) is 9. The maximum Gasteiger partial charge on any atom is 0.246 e. The van der Waals surface area contributed by atoms with E-state index in [-0.39, 0.29) is 17.2 Å². The van der Waals surface area contributed by atoms with E-state index in [1.165, 1.54) is 6.33 Å². The van der Waals surface area contributed by atoms with Crippen LogP contribution in [0.15, 0.2) is 40.1 Å². The first-order valence-electron chi connectivity index (χ1n) is 8.53. The summed E-state index contributed by atoms with van der Waals surface area (Å²) in [5, 5.41) is 9.82. The Labute approximate surface area is 162 Å². The molecule has 3 N–H and O–H groups in total. The van der Waals surface area contributed by atoms with Gasteiger partial charge in [-0.1, -0.05) is 5.16 Å². The van der Waals surface area contributed by atoms with E-state index in [1.54, 1.807) is 26.1 Å². The predicted molar refractivity (Wildman–Crippen MR) is 104 cm³/mol. The number of nitrogens with one attached hydrogen (secondary N) is 3. The normalized spacial score (nSPS) is 11.4. The van der Waals surface area contributed by atoms with Crippen LogP contribution < -0.4 is 15.4 Å². The fourth-order valence-electron chi connectivity index (χ4n) is 2.56. The molecular weight excluding hydrogens is 382 g/mol. The van der Waals surface area contributed by atoms with Crippen molar-refractivity contribution in [1.29, 1.82) is 0 Å². The first-order valence-corrected chi connectivity index (χ1v) is 10.0. The van der Waals surface area contributed by atoms with Crippen molar-refractivity contribution in [3.8, 4) is 0 Å². The van der Waals surface area contributed by atoms with Gasteiger partial charge in [0.1, 0.15) is 34.4 Å². The molecule has 0 aliphatic carbocycles. The second kappa shape index (κ2) is 8.31. The molecule has 0 aromatic carbocycles. The third-order valence-electron chi connectivity index (χ3n) is 3.80.